The third-order valence-corrected chi connectivity index (χ3v) is 28.6. The molecule has 7 heterocycles. The van der Waals surface area contributed by atoms with Crippen molar-refractivity contribution in [3.63, 3.8) is 0 Å². The Morgan fingerprint density at radius 3 is 1.60 bits per heavy atom. The number of aliphatic hydroxyl groups excluding tert-OH is 17. The van der Waals surface area contributed by atoms with Crippen LogP contribution in [0.3, 0.4) is 0 Å². The molecule has 18 N–H and O–H groups in total. The van der Waals surface area contributed by atoms with Gasteiger partial charge in [-0.3, -0.25) is 4.79 Å². The molecule has 0 bridgehead atoms. The summed E-state index contributed by atoms with van der Waals surface area (Å²) >= 11 is 0. The Morgan fingerprint density at radius 2 is 1.03 bits per heavy atom. The number of ether oxygens (including phenoxy) is 16. The number of allylic oxidation sites excluding steroid dienone is 2. The van der Waals surface area contributed by atoms with Crippen molar-refractivity contribution >= 4 is 30.3 Å². The summed E-state index contributed by atoms with van der Waals surface area (Å²) in [6.07, 6.45) is -52.9. The summed E-state index contributed by atoms with van der Waals surface area (Å²) in [4.78, 5) is 57.6. The first kappa shape index (κ1) is 91.1. The van der Waals surface area contributed by atoms with Gasteiger partial charge in [0.05, 0.1) is 62.7 Å². The first-order valence-electron chi connectivity index (χ1n) is 40.6. The molecule has 11 fully saturated rings. The number of aliphatic hydroxyl groups is 17. The number of hydrogen-bond acceptors (Lipinski definition) is 37. The second-order valence-corrected chi connectivity index (χ2v) is 36.0. The third kappa shape index (κ3) is 16.5. The number of benzene rings is 1. The van der Waals surface area contributed by atoms with Crippen LogP contribution in [0.1, 0.15) is 125 Å². The number of methoxy groups -OCH3 is 1. The quantitative estimate of drug-likeness (QED) is 0.0175. The van der Waals surface area contributed by atoms with Crippen molar-refractivity contribution in [1.82, 2.24) is 0 Å². The molecule has 0 radical (unpaired) electrons. The Hall–Kier alpha value is -4.62. The molecule has 1 aromatic rings. The highest BCUT2D eigenvalue weighted by Gasteiger charge is 2.72. The van der Waals surface area contributed by atoms with Gasteiger partial charge in [0, 0.05) is 6.08 Å². The van der Waals surface area contributed by atoms with E-state index in [0.29, 0.717) is 62.7 Å². The van der Waals surface area contributed by atoms with Crippen molar-refractivity contribution in [1.29, 1.82) is 0 Å². The van der Waals surface area contributed by atoms with Gasteiger partial charge in [-0.25, -0.2) is 9.59 Å². The Kier molecular flexibility index (Phi) is 27.3. The smallest absolute Gasteiger partial charge is 0.335 e. The van der Waals surface area contributed by atoms with Crippen molar-refractivity contribution in [2.75, 3.05) is 33.5 Å². The number of rotatable bonds is 22. The molecule has 42 atom stereocenters. The minimum absolute atomic E-state index is 0.113. The highest BCUT2D eigenvalue weighted by molar-refractivity contribution is 5.87. The predicted molar refractivity (Wildman–Crippen MR) is 393 cm³/mol. The molecule has 0 spiro atoms. The molecule has 2 unspecified atom stereocenters. The first-order chi connectivity index (χ1) is 55.6. The van der Waals surface area contributed by atoms with Crippen LogP contribution in [-0.4, -0.2) is 358 Å². The first-order valence-corrected chi connectivity index (χ1v) is 40.6. The van der Waals surface area contributed by atoms with E-state index in [2.05, 4.69) is 40.7 Å². The minimum Gasteiger partial charge on any atom is -0.497 e. The van der Waals surface area contributed by atoms with Gasteiger partial charge >= 0.3 is 17.9 Å². The van der Waals surface area contributed by atoms with Gasteiger partial charge in [-0.2, -0.15) is 0 Å². The molecular weight excluding hydrogens is 1570 g/mol. The Morgan fingerprint density at radius 1 is 0.500 bits per heavy atom. The number of carboxylic acids is 1. The largest absolute Gasteiger partial charge is 0.497 e. The van der Waals surface area contributed by atoms with E-state index in [1.54, 1.807) is 31.2 Å². The normalized spacial score (nSPS) is 50.3. The third-order valence-electron chi connectivity index (χ3n) is 28.6. The van der Waals surface area contributed by atoms with Crippen LogP contribution in [0, 0.1) is 50.2 Å². The molecule has 5 aliphatic carbocycles. The number of carbonyl (C=O) groups excluding carboxylic acids is 3. The summed E-state index contributed by atoms with van der Waals surface area (Å²) in [5, 5.41) is 198. The zero-order valence-electron chi connectivity index (χ0n) is 67.1. The van der Waals surface area contributed by atoms with Crippen LogP contribution in [0.5, 0.6) is 5.75 Å². The van der Waals surface area contributed by atoms with Crippen molar-refractivity contribution in [3.8, 4) is 5.75 Å². The fourth-order valence-corrected chi connectivity index (χ4v) is 21.3. The number of fused-ring (bicyclic) bond motifs is 7. The predicted octanol–water partition coefficient (Wildman–Crippen LogP) is -3.69. The molecule has 12 aliphatic rings. The van der Waals surface area contributed by atoms with E-state index < -0.39 is 292 Å². The van der Waals surface area contributed by atoms with Gasteiger partial charge in [0.15, 0.2) is 56.1 Å². The Balaban J connectivity index is 0.790. The van der Waals surface area contributed by atoms with Crippen LogP contribution in [0.15, 0.2) is 42.0 Å². The molecule has 4 saturated carbocycles. The lowest BCUT2D eigenvalue weighted by Crippen LogP contribution is -2.69. The Bertz CT molecular complexity index is 3700. The average Bonchev–Trinajstić information content (AvgIpc) is 0.673. The van der Waals surface area contributed by atoms with Crippen molar-refractivity contribution in [2.45, 2.75) is 328 Å². The number of carboxylic acid groups (broad SMARTS) is 1. The maximum Gasteiger partial charge on any atom is 0.335 e. The van der Waals surface area contributed by atoms with Crippen LogP contribution in [-0.2, 0) is 90.2 Å². The maximum absolute atomic E-state index is 16.2. The molecule has 0 amide bonds. The van der Waals surface area contributed by atoms with E-state index in [1.807, 2.05) is 0 Å². The zero-order valence-corrected chi connectivity index (χ0v) is 67.1. The number of hydrogen-bond donors (Lipinski definition) is 18. The van der Waals surface area contributed by atoms with Gasteiger partial charge in [0.1, 0.15) is 140 Å². The molecule has 7 aliphatic heterocycles. The molecule has 118 heavy (non-hydrogen) atoms. The van der Waals surface area contributed by atoms with Gasteiger partial charge in [-0.15, -0.1) is 0 Å². The van der Waals surface area contributed by atoms with E-state index >= 15 is 4.79 Å². The highest BCUT2D eigenvalue weighted by atomic mass is 16.8. The van der Waals surface area contributed by atoms with E-state index in [4.69, 9.17) is 75.8 Å². The molecule has 38 heteroatoms. The summed E-state index contributed by atoms with van der Waals surface area (Å²) in [6.45, 7) is 12.5. The zero-order chi connectivity index (χ0) is 85.7. The Labute approximate surface area is 680 Å². The van der Waals surface area contributed by atoms with Gasteiger partial charge in [-0.05, 0) is 141 Å². The van der Waals surface area contributed by atoms with E-state index in [-0.39, 0.29) is 24.2 Å². The maximum atomic E-state index is 16.2. The molecule has 666 valence electrons. The molecule has 13 rings (SSSR count). The standard InChI is InChI=1S/C80H118O38/c1-32-59(111-45(86)17-12-34-10-13-35(103-9)14-11-34)56(97)64(116-71-58(99)62(114-69-54(95)50(91)48(89)40(27-81)108-69)60(33(2)106-71)112-67-52(93)46(87)38(84)29-104-67)72(107-32)118-74(102)80-24-22-75(3,4)26-37(80)36-15-16-43-76(5)20-19-44(77(6,31-83)42(76)18-21-79(43,8)78(36,7)23-25-80)110-73-65(117-70-55(96)51(92)49(90)41(28-82)109-70)61(57(98)63(115-73)66(100)101)113-68-53(94)47(88)39(85)30-105-68/h10-15,17,31-33,37-44,46-65,67-73,81-82,84-85,87-99H,16,18-30H2,1-9H3,(H,100,101)/b17-12+/t32-,33+,37+,38-,39-,40-,41-,42?,43?,44+,46+,47+,48-,49+,50+,51+,52-,53-,54-,55-,56+,57+,58-,59+,60+,61+,62+,63+,64-,65-,67+,68+,69+,70+,71+,72+,73-,76+,77+,78-,79-,80+/m1/s1. The summed E-state index contributed by atoms with van der Waals surface area (Å²) in [7, 11) is 1.49. The fourth-order valence-electron chi connectivity index (χ4n) is 21.3. The molecule has 7 saturated heterocycles. The number of esters is 2. The average molecular weight is 1690 g/mol. The monoisotopic (exact) mass is 1690 g/mol. The van der Waals surface area contributed by atoms with Crippen LogP contribution >= 0.6 is 0 Å². The topological polar surface area (TPSA) is 580 Å². The fraction of sp³-hybridized carbons (Fsp3) is 0.825. The van der Waals surface area contributed by atoms with Crippen LogP contribution in [0.4, 0.5) is 0 Å². The SMILES string of the molecule is COc1ccc(/C=C/C(=O)O[C@@H]2[C@H](O)[C@@H](O[C@@H]3O[C@@H](C)[C@H](O[C@@H]4OC[C@@H](O)[C@H](O)[C@H]4O)[C@@H](O[C@@H]4O[C@H](CO)[C@@H](O)[C@H](O)[C@H]4O)[C@H]3O)[C@H](OC(=O)[C@]34CCC(C)(C)C[C@H]3C3=CCC5[C@@]6(C)CC[C@H](O[C@@H]7O[C@H](C(=O)O)[C@@H](O)[C@H](O[C@@H]8OC[C@@H](O)[C@H](O)[C@H]8O)[C@H]7O[C@@H]7O[C@H](CO)[C@H](O)[C@H](O)[C@H]7O)[C@@](C)(C=O)C6CC[C@@]5(C)[C@]3(C)CC4)O[C@@H]2C)cc1. The van der Waals surface area contributed by atoms with Crippen molar-refractivity contribution in [2.24, 2.45) is 50.2 Å². The molecule has 0 aromatic heterocycles. The number of aliphatic carboxylic acids is 1. The van der Waals surface area contributed by atoms with E-state index in [1.165, 1.54) is 27.0 Å². The molecular formula is C80H118O38. The lowest BCUT2D eigenvalue weighted by atomic mass is 9.33. The van der Waals surface area contributed by atoms with Crippen molar-refractivity contribution in [3.05, 3.63) is 47.6 Å². The lowest BCUT2D eigenvalue weighted by molar-refractivity contribution is -0.394. The summed E-state index contributed by atoms with van der Waals surface area (Å²) < 4.78 is 97.5. The number of carbonyl (C=O) groups is 4. The van der Waals surface area contributed by atoms with Crippen LogP contribution in [0.2, 0.25) is 0 Å². The summed E-state index contributed by atoms with van der Waals surface area (Å²) in [5.74, 6) is -4.00. The second kappa shape index (κ2) is 35.4. The highest BCUT2D eigenvalue weighted by Crippen LogP contribution is 2.76. The lowest BCUT2D eigenvalue weighted by Gasteiger charge is -2.71. The van der Waals surface area contributed by atoms with E-state index in [9.17, 15) is 106 Å². The number of aldehydes is 1. The molecule has 38 nitrogen and oxygen atoms in total. The molecule has 1 aromatic carbocycles. The van der Waals surface area contributed by atoms with Crippen molar-refractivity contribution < 1.29 is 187 Å². The summed E-state index contributed by atoms with van der Waals surface area (Å²) in [5.41, 5.74) is -3.35. The van der Waals surface area contributed by atoms with Gasteiger partial charge < -0.3 is 173 Å². The van der Waals surface area contributed by atoms with Gasteiger partial charge in [0.25, 0.3) is 0 Å². The van der Waals surface area contributed by atoms with Crippen LogP contribution in [0.25, 0.3) is 6.08 Å². The minimum atomic E-state index is -2.23. The second-order valence-electron chi connectivity index (χ2n) is 36.0. The van der Waals surface area contributed by atoms with E-state index in [0.717, 1.165) is 17.9 Å². The van der Waals surface area contributed by atoms with Gasteiger partial charge in [0.2, 0.25) is 6.29 Å². The van der Waals surface area contributed by atoms with Gasteiger partial charge in [-0.1, -0.05) is 65.3 Å². The van der Waals surface area contributed by atoms with Crippen LogP contribution < -0.4 is 4.74 Å². The summed E-state index contributed by atoms with van der Waals surface area (Å²) in [6, 6.07) is 6.70.